The minimum Gasteiger partial charge on any atom is -0.319 e. The van der Waals surface area contributed by atoms with Crippen molar-refractivity contribution < 1.29 is 4.39 Å². The maximum atomic E-state index is 13.5. The van der Waals surface area contributed by atoms with Gasteiger partial charge in [-0.2, -0.15) is 0 Å². The summed E-state index contributed by atoms with van der Waals surface area (Å²) >= 11 is 1.78. The van der Waals surface area contributed by atoms with E-state index in [9.17, 15) is 4.39 Å². The zero-order valence-electron chi connectivity index (χ0n) is 8.38. The first kappa shape index (κ1) is 9.99. The van der Waals surface area contributed by atoms with E-state index >= 15 is 0 Å². The maximum absolute atomic E-state index is 13.5. The van der Waals surface area contributed by atoms with E-state index in [1.165, 1.54) is 0 Å². The minimum atomic E-state index is -0.0545. The Hall–Kier alpha value is -0.540. The van der Waals surface area contributed by atoms with Gasteiger partial charge in [-0.25, -0.2) is 4.39 Å². The lowest BCUT2D eigenvalue weighted by atomic mass is 9.97. The largest absolute Gasteiger partial charge is 0.319 e. The number of rotatable bonds is 2. The third-order valence-corrected chi connectivity index (χ3v) is 4.20. The second kappa shape index (κ2) is 3.91. The molecule has 2 rings (SSSR count). The van der Waals surface area contributed by atoms with E-state index < -0.39 is 0 Å². The highest BCUT2D eigenvalue weighted by Crippen LogP contribution is 2.45. The molecule has 0 aliphatic carbocycles. The molecule has 3 heteroatoms. The molecule has 2 unspecified atom stereocenters. The molecule has 76 valence electrons. The molecule has 0 amide bonds. The second-order valence-electron chi connectivity index (χ2n) is 3.65. The SMILES string of the molecule is CNCC1Sc2cccc(F)c2C1C. The van der Waals surface area contributed by atoms with Crippen LogP contribution in [0.2, 0.25) is 0 Å². The Bertz CT molecular complexity index is 340. The summed E-state index contributed by atoms with van der Waals surface area (Å²) in [5.74, 6) is 0.254. The standard InChI is InChI=1S/C11H14FNS/c1-7-10(6-13-2)14-9-5-3-4-8(12)11(7)9/h3-5,7,10,13H,6H2,1-2H3. The molecule has 0 saturated heterocycles. The predicted molar refractivity (Wildman–Crippen MR) is 58.4 cm³/mol. The fraction of sp³-hybridized carbons (Fsp3) is 0.455. The van der Waals surface area contributed by atoms with Crippen molar-refractivity contribution in [1.29, 1.82) is 0 Å². The van der Waals surface area contributed by atoms with Crippen LogP contribution in [0.25, 0.3) is 0 Å². The normalized spacial score (nSPS) is 25.1. The Morgan fingerprint density at radius 1 is 1.50 bits per heavy atom. The van der Waals surface area contributed by atoms with Gasteiger partial charge in [-0.15, -0.1) is 11.8 Å². The summed E-state index contributed by atoms with van der Waals surface area (Å²) in [5, 5.41) is 3.62. The van der Waals surface area contributed by atoms with E-state index in [-0.39, 0.29) is 5.82 Å². The topological polar surface area (TPSA) is 12.0 Å². The molecule has 1 nitrogen and oxygen atoms in total. The lowest BCUT2D eigenvalue weighted by Crippen LogP contribution is -2.22. The molecule has 0 saturated carbocycles. The molecule has 0 aromatic heterocycles. The molecule has 0 radical (unpaired) electrons. The summed E-state index contributed by atoms with van der Waals surface area (Å²) in [5.41, 5.74) is 0.901. The molecule has 2 atom stereocenters. The van der Waals surface area contributed by atoms with Crippen LogP contribution in [0.5, 0.6) is 0 Å². The van der Waals surface area contributed by atoms with Crippen LogP contribution in [-0.2, 0) is 0 Å². The van der Waals surface area contributed by atoms with Gasteiger partial charge >= 0.3 is 0 Å². The van der Waals surface area contributed by atoms with E-state index in [0.29, 0.717) is 11.2 Å². The Labute approximate surface area is 88.1 Å². The molecule has 0 fully saturated rings. The number of thioether (sulfide) groups is 1. The van der Waals surface area contributed by atoms with Crippen molar-refractivity contribution in [3.63, 3.8) is 0 Å². The molecule has 1 heterocycles. The molecule has 1 aromatic carbocycles. The molecular formula is C11H14FNS. The monoisotopic (exact) mass is 211 g/mol. The summed E-state index contributed by atoms with van der Waals surface area (Å²) in [7, 11) is 1.94. The molecule has 1 aromatic rings. The smallest absolute Gasteiger partial charge is 0.127 e. The van der Waals surface area contributed by atoms with Crippen molar-refractivity contribution in [2.75, 3.05) is 13.6 Å². The average molecular weight is 211 g/mol. The number of hydrogen-bond acceptors (Lipinski definition) is 2. The summed E-state index contributed by atoms with van der Waals surface area (Å²) < 4.78 is 13.5. The Balaban J connectivity index is 2.31. The lowest BCUT2D eigenvalue weighted by molar-refractivity contribution is 0.573. The van der Waals surface area contributed by atoms with Gasteiger partial charge in [0.1, 0.15) is 5.82 Å². The summed E-state index contributed by atoms with van der Waals surface area (Å²) in [6, 6.07) is 5.35. The van der Waals surface area contributed by atoms with Gasteiger partial charge < -0.3 is 5.32 Å². The first-order valence-corrected chi connectivity index (χ1v) is 5.71. The van der Waals surface area contributed by atoms with Crippen molar-refractivity contribution in [2.45, 2.75) is 23.0 Å². The Morgan fingerprint density at radius 2 is 2.29 bits per heavy atom. The quantitative estimate of drug-likeness (QED) is 0.807. The van der Waals surface area contributed by atoms with Gasteiger partial charge in [0.25, 0.3) is 0 Å². The van der Waals surface area contributed by atoms with Crippen LogP contribution < -0.4 is 5.32 Å². The highest BCUT2D eigenvalue weighted by molar-refractivity contribution is 8.00. The van der Waals surface area contributed by atoms with Crippen molar-refractivity contribution in [2.24, 2.45) is 0 Å². The van der Waals surface area contributed by atoms with Crippen LogP contribution in [0, 0.1) is 5.82 Å². The number of halogens is 1. The fourth-order valence-electron chi connectivity index (χ4n) is 1.93. The van der Waals surface area contributed by atoms with Crippen LogP contribution in [0.4, 0.5) is 4.39 Å². The van der Waals surface area contributed by atoms with Gasteiger partial charge in [0, 0.05) is 22.3 Å². The van der Waals surface area contributed by atoms with Crippen LogP contribution in [-0.4, -0.2) is 18.8 Å². The van der Waals surface area contributed by atoms with Crippen molar-refractivity contribution in [3.05, 3.63) is 29.6 Å². The van der Waals surface area contributed by atoms with Crippen LogP contribution in [0.15, 0.2) is 23.1 Å². The second-order valence-corrected chi connectivity index (χ2v) is 4.94. The molecule has 1 N–H and O–H groups in total. The first-order chi connectivity index (χ1) is 6.74. The number of hydrogen-bond donors (Lipinski definition) is 1. The molecule has 14 heavy (non-hydrogen) atoms. The van der Waals surface area contributed by atoms with Gasteiger partial charge in [0.2, 0.25) is 0 Å². The van der Waals surface area contributed by atoms with E-state index in [1.54, 1.807) is 23.9 Å². The van der Waals surface area contributed by atoms with E-state index in [2.05, 4.69) is 12.2 Å². The lowest BCUT2D eigenvalue weighted by Gasteiger charge is -2.13. The summed E-state index contributed by atoms with van der Waals surface area (Å²) in [6.07, 6.45) is 0. The third kappa shape index (κ3) is 1.55. The van der Waals surface area contributed by atoms with Crippen molar-refractivity contribution in [3.8, 4) is 0 Å². The summed E-state index contributed by atoms with van der Waals surface area (Å²) in [6.45, 7) is 3.03. The average Bonchev–Trinajstić information content (AvgIpc) is 2.46. The molecule has 0 spiro atoms. The van der Waals surface area contributed by atoms with Gasteiger partial charge in [-0.05, 0) is 25.1 Å². The Kier molecular flexibility index (Phi) is 2.79. The zero-order valence-corrected chi connectivity index (χ0v) is 9.20. The van der Waals surface area contributed by atoms with Gasteiger partial charge in [-0.3, -0.25) is 0 Å². The maximum Gasteiger partial charge on any atom is 0.127 e. The fourth-order valence-corrected chi connectivity index (χ4v) is 3.42. The number of fused-ring (bicyclic) bond motifs is 1. The molecule has 0 bridgehead atoms. The van der Waals surface area contributed by atoms with Crippen LogP contribution in [0.3, 0.4) is 0 Å². The number of benzene rings is 1. The van der Waals surface area contributed by atoms with Gasteiger partial charge in [-0.1, -0.05) is 13.0 Å². The molecular weight excluding hydrogens is 197 g/mol. The van der Waals surface area contributed by atoms with E-state index in [4.69, 9.17) is 0 Å². The Morgan fingerprint density at radius 3 is 2.93 bits per heavy atom. The van der Waals surface area contributed by atoms with E-state index in [0.717, 1.165) is 17.0 Å². The van der Waals surface area contributed by atoms with Crippen molar-refractivity contribution in [1.82, 2.24) is 5.32 Å². The van der Waals surface area contributed by atoms with Crippen LogP contribution in [0.1, 0.15) is 18.4 Å². The highest BCUT2D eigenvalue weighted by atomic mass is 32.2. The zero-order chi connectivity index (χ0) is 10.1. The summed E-state index contributed by atoms with van der Waals surface area (Å²) in [4.78, 5) is 1.11. The van der Waals surface area contributed by atoms with Gasteiger partial charge in [0.15, 0.2) is 0 Å². The highest BCUT2D eigenvalue weighted by Gasteiger charge is 2.31. The third-order valence-electron chi connectivity index (χ3n) is 2.71. The predicted octanol–water partition coefficient (Wildman–Crippen LogP) is 2.62. The van der Waals surface area contributed by atoms with Crippen LogP contribution >= 0.6 is 11.8 Å². The molecule has 1 aliphatic rings. The first-order valence-electron chi connectivity index (χ1n) is 4.83. The number of nitrogens with one attached hydrogen (secondary N) is 1. The minimum absolute atomic E-state index is 0.0545. The molecule has 1 aliphatic heterocycles. The van der Waals surface area contributed by atoms with E-state index in [1.807, 2.05) is 13.1 Å². The van der Waals surface area contributed by atoms with Gasteiger partial charge in [0.05, 0.1) is 0 Å². The van der Waals surface area contributed by atoms with Crippen molar-refractivity contribution >= 4 is 11.8 Å².